The molecule has 1 aromatic heterocycles. The Morgan fingerprint density at radius 3 is 2.10 bits per heavy atom. The van der Waals surface area contributed by atoms with E-state index in [1.165, 1.54) is 23.9 Å². The van der Waals surface area contributed by atoms with Gasteiger partial charge in [0.25, 0.3) is 0 Å². The highest BCUT2D eigenvalue weighted by molar-refractivity contribution is 7.98. The molecule has 0 bridgehead atoms. The number of benzene rings is 3. The van der Waals surface area contributed by atoms with Crippen LogP contribution in [0.5, 0.6) is 0 Å². The zero-order valence-electron chi connectivity index (χ0n) is 15.8. The fraction of sp³-hybridized carbons (Fsp3) is 0.0909. The van der Waals surface area contributed by atoms with Crippen molar-refractivity contribution >= 4 is 35.0 Å². The van der Waals surface area contributed by atoms with Gasteiger partial charge in [0.2, 0.25) is 0 Å². The van der Waals surface area contributed by atoms with E-state index >= 15 is 0 Å². The highest BCUT2D eigenvalue weighted by Crippen LogP contribution is 2.35. The summed E-state index contributed by atoms with van der Waals surface area (Å²) in [7, 11) is 0. The molecule has 4 aromatic rings. The summed E-state index contributed by atoms with van der Waals surface area (Å²) in [5.41, 5.74) is 1.42. The average Bonchev–Trinajstić information content (AvgIpc) is 3.16. The van der Waals surface area contributed by atoms with Crippen LogP contribution < -0.4 is 0 Å². The Kier molecular flexibility index (Phi) is 6.27. The maximum absolute atomic E-state index is 12.8. The lowest BCUT2D eigenvalue weighted by molar-refractivity contribution is -0.137. The number of alkyl halides is 3. The molecule has 31 heavy (non-hydrogen) atoms. The number of hydrogen-bond acceptors (Lipinski definition) is 3. The van der Waals surface area contributed by atoms with Gasteiger partial charge in [0, 0.05) is 11.3 Å². The zero-order chi connectivity index (χ0) is 22.0. The predicted octanol–water partition coefficient (Wildman–Crippen LogP) is 7.55. The van der Waals surface area contributed by atoms with Crippen molar-refractivity contribution in [2.24, 2.45) is 0 Å². The van der Waals surface area contributed by atoms with E-state index in [0.717, 1.165) is 17.7 Å². The van der Waals surface area contributed by atoms with Crippen LogP contribution in [-0.4, -0.2) is 14.8 Å². The van der Waals surface area contributed by atoms with Gasteiger partial charge in [-0.25, -0.2) is 0 Å². The summed E-state index contributed by atoms with van der Waals surface area (Å²) in [5, 5.41) is 10.2. The van der Waals surface area contributed by atoms with E-state index in [2.05, 4.69) is 10.2 Å². The molecule has 3 nitrogen and oxygen atoms in total. The van der Waals surface area contributed by atoms with Gasteiger partial charge < -0.3 is 0 Å². The third kappa shape index (κ3) is 4.74. The summed E-state index contributed by atoms with van der Waals surface area (Å²) in [5.74, 6) is 0.928. The van der Waals surface area contributed by atoms with Crippen LogP contribution in [0.2, 0.25) is 10.0 Å². The summed E-state index contributed by atoms with van der Waals surface area (Å²) in [6.07, 6.45) is -4.36. The molecular formula is C22H14Cl2F3N3S. The molecule has 0 aliphatic heterocycles. The number of halogens is 5. The first-order valence-electron chi connectivity index (χ1n) is 9.09. The monoisotopic (exact) mass is 479 g/mol. The van der Waals surface area contributed by atoms with Crippen molar-refractivity contribution in [3.63, 3.8) is 0 Å². The average molecular weight is 480 g/mol. The number of nitrogens with zero attached hydrogens (tertiary/aromatic N) is 3. The minimum atomic E-state index is -4.36. The first-order valence-corrected chi connectivity index (χ1v) is 10.8. The summed E-state index contributed by atoms with van der Waals surface area (Å²) in [6, 6.07) is 19.6. The summed E-state index contributed by atoms with van der Waals surface area (Å²) in [6.45, 7) is 0. The molecular weight excluding hydrogens is 466 g/mol. The van der Waals surface area contributed by atoms with E-state index in [1.807, 2.05) is 36.4 Å². The van der Waals surface area contributed by atoms with Gasteiger partial charge in [-0.15, -0.1) is 10.2 Å². The van der Waals surface area contributed by atoms with Crippen molar-refractivity contribution in [1.82, 2.24) is 14.8 Å². The molecule has 4 rings (SSSR count). The van der Waals surface area contributed by atoms with E-state index in [1.54, 1.807) is 16.7 Å². The van der Waals surface area contributed by atoms with E-state index < -0.39 is 11.7 Å². The first-order chi connectivity index (χ1) is 14.8. The fourth-order valence-electron chi connectivity index (χ4n) is 2.97. The molecule has 0 atom stereocenters. The number of thioether (sulfide) groups is 1. The molecule has 0 saturated heterocycles. The number of para-hydroxylation sites is 1. The number of aromatic nitrogens is 3. The lowest BCUT2D eigenvalue weighted by Gasteiger charge is -2.13. The molecule has 0 radical (unpaired) electrons. The molecule has 0 spiro atoms. The topological polar surface area (TPSA) is 30.7 Å². The summed E-state index contributed by atoms with van der Waals surface area (Å²) >= 11 is 14.2. The van der Waals surface area contributed by atoms with Gasteiger partial charge in [-0.1, -0.05) is 71.4 Å². The van der Waals surface area contributed by atoms with Crippen LogP contribution in [0.25, 0.3) is 17.1 Å². The molecule has 9 heteroatoms. The second-order valence-electron chi connectivity index (χ2n) is 6.56. The molecule has 1 heterocycles. The Morgan fingerprint density at radius 2 is 1.45 bits per heavy atom. The van der Waals surface area contributed by atoms with E-state index in [-0.39, 0.29) is 0 Å². The second-order valence-corrected chi connectivity index (χ2v) is 8.31. The Morgan fingerprint density at radius 1 is 0.806 bits per heavy atom. The fourth-order valence-corrected chi connectivity index (χ4v) is 4.31. The standard InChI is InChI=1S/C22H14Cl2F3N3S/c23-17-6-2-1-5-16(17)20-28-29-21(30(20)19-8-4-3-7-18(19)24)31-13-14-9-11-15(12-10-14)22(25,26)27/h1-12H,13H2. The van der Waals surface area contributed by atoms with Crippen LogP contribution in [0.1, 0.15) is 11.1 Å². The largest absolute Gasteiger partial charge is 0.416 e. The molecule has 3 aromatic carbocycles. The van der Waals surface area contributed by atoms with Crippen molar-refractivity contribution in [2.45, 2.75) is 17.1 Å². The molecule has 0 saturated carbocycles. The molecule has 0 unspecified atom stereocenters. The lowest BCUT2D eigenvalue weighted by atomic mass is 10.1. The van der Waals surface area contributed by atoms with Crippen LogP contribution in [0.4, 0.5) is 13.2 Å². The van der Waals surface area contributed by atoms with Gasteiger partial charge >= 0.3 is 6.18 Å². The van der Waals surface area contributed by atoms with Gasteiger partial charge in [-0.3, -0.25) is 4.57 Å². The van der Waals surface area contributed by atoms with Crippen LogP contribution in [0.15, 0.2) is 78.0 Å². The molecule has 0 fully saturated rings. The quantitative estimate of drug-likeness (QED) is 0.276. The number of rotatable bonds is 5. The highest BCUT2D eigenvalue weighted by atomic mass is 35.5. The van der Waals surface area contributed by atoms with Gasteiger partial charge in [-0.2, -0.15) is 13.2 Å². The Balaban J connectivity index is 1.70. The van der Waals surface area contributed by atoms with Gasteiger partial charge in [0.05, 0.1) is 21.3 Å². The van der Waals surface area contributed by atoms with E-state index in [0.29, 0.717) is 38.0 Å². The minimum Gasteiger partial charge on any atom is -0.268 e. The van der Waals surface area contributed by atoms with E-state index in [9.17, 15) is 13.2 Å². The smallest absolute Gasteiger partial charge is 0.268 e. The predicted molar refractivity (Wildman–Crippen MR) is 118 cm³/mol. The van der Waals surface area contributed by atoms with Crippen LogP contribution in [0.3, 0.4) is 0 Å². The van der Waals surface area contributed by atoms with Gasteiger partial charge in [0.1, 0.15) is 0 Å². The third-order valence-electron chi connectivity index (χ3n) is 4.49. The Bertz CT molecular complexity index is 1210. The van der Waals surface area contributed by atoms with Crippen molar-refractivity contribution in [3.05, 3.63) is 94.0 Å². The maximum Gasteiger partial charge on any atom is 0.416 e. The second kappa shape index (κ2) is 8.94. The Hall–Kier alpha value is -2.48. The van der Waals surface area contributed by atoms with Crippen molar-refractivity contribution in [1.29, 1.82) is 0 Å². The van der Waals surface area contributed by atoms with Crippen molar-refractivity contribution < 1.29 is 13.2 Å². The number of hydrogen-bond donors (Lipinski definition) is 0. The molecule has 0 aliphatic carbocycles. The van der Waals surface area contributed by atoms with Crippen molar-refractivity contribution in [2.75, 3.05) is 0 Å². The molecule has 0 amide bonds. The SMILES string of the molecule is FC(F)(F)c1ccc(CSc2nnc(-c3ccccc3Cl)n2-c2ccccc2Cl)cc1. The van der Waals surface area contributed by atoms with Crippen molar-refractivity contribution in [3.8, 4) is 17.1 Å². The van der Waals surface area contributed by atoms with Gasteiger partial charge in [0.15, 0.2) is 11.0 Å². The van der Waals surface area contributed by atoms with Crippen LogP contribution in [-0.2, 0) is 11.9 Å². The minimum absolute atomic E-state index is 0.406. The zero-order valence-corrected chi connectivity index (χ0v) is 18.1. The Labute approximate surface area is 190 Å². The molecule has 158 valence electrons. The highest BCUT2D eigenvalue weighted by Gasteiger charge is 2.30. The normalized spacial score (nSPS) is 11.6. The first kappa shape index (κ1) is 21.7. The third-order valence-corrected chi connectivity index (χ3v) is 6.14. The molecule has 0 N–H and O–H groups in total. The molecule has 0 aliphatic rings. The maximum atomic E-state index is 12.8. The van der Waals surface area contributed by atoms with Crippen LogP contribution >= 0.6 is 35.0 Å². The summed E-state index contributed by atoms with van der Waals surface area (Å²) in [4.78, 5) is 0. The lowest BCUT2D eigenvalue weighted by Crippen LogP contribution is -2.04. The summed E-state index contributed by atoms with van der Waals surface area (Å²) < 4.78 is 40.2. The van der Waals surface area contributed by atoms with Gasteiger partial charge in [-0.05, 0) is 42.0 Å². The van der Waals surface area contributed by atoms with E-state index in [4.69, 9.17) is 23.2 Å². The van der Waals surface area contributed by atoms with Crippen LogP contribution in [0, 0.1) is 0 Å².